The van der Waals surface area contributed by atoms with E-state index in [2.05, 4.69) is 4.98 Å². The molecule has 0 amide bonds. The van der Waals surface area contributed by atoms with E-state index in [0.29, 0.717) is 5.39 Å². The van der Waals surface area contributed by atoms with E-state index in [1.54, 1.807) is 44.6 Å². The molecule has 0 radical (unpaired) electrons. The number of fused-ring (bicyclic) bond motifs is 1. The molecule has 0 aliphatic heterocycles. The maximum atomic E-state index is 12.6. The third-order valence-electron chi connectivity index (χ3n) is 3.14. The van der Waals surface area contributed by atoms with E-state index < -0.39 is 10.0 Å². The summed E-state index contributed by atoms with van der Waals surface area (Å²) in [5.41, 5.74) is 0. The highest BCUT2D eigenvalue weighted by Crippen LogP contribution is 2.25. The van der Waals surface area contributed by atoms with Gasteiger partial charge in [0, 0.05) is 42.1 Å². The molecule has 0 aliphatic carbocycles. The van der Waals surface area contributed by atoms with Gasteiger partial charge in [0.05, 0.1) is 4.90 Å². The van der Waals surface area contributed by atoms with Crippen molar-refractivity contribution in [3.05, 3.63) is 36.7 Å². The summed E-state index contributed by atoms with van der Waals surface area (Å²) in [5, 5.41) is 1.47. The van der Waals surface area contributed by atoms with Crippen molar-refractivity contribution >= 4 is 32.4 Å². The van der Waals surface area contributed by atoms with E-state index in [9.17, 15) is 8.42 Å². The largest absolute Gasteiger partial charge is 0.264 e. The number of nitrogens with zero attached hydrogens (tertiary/aromatic N) is 2. The Morgan fingerprint density at radius 1 is 1.37 bits per heavy atom. The van der Waals surface area contributed by atoms with Crippen LogP contribution in [0.15, 0.2) is 41.6 Å². The average molecular weight is 299 g/mol. The molecule has 0 spiro atoms. The molecule has 1 unspecified atom stereocenters. The predicted molar refractivity (Wildman–Crippen MR) is 76.9 cm³/mol. The van der Waals surface area contributed by atoms with Crippen LogP contribution in [0.3, 0.4) is 0 Å². The third kappa shape index (κ3) is 2.59. The lowest BCUT2D eigenvalue weighted by molar-refractivity contribution is 0.414. The molecule has 0 saturated carbocycles. The Balaban J connectivity index is 2.61. The van der Waals surface area contributed by atoms with Crippen molar-refractivity contribution in [2.45, 2.75) is 17.9 Å². The van der Waals surface area contributed by atoms with Gasteiger partial charge in [-0.2, -0.15) is 4.31 Å². The zero-order valence-corrected chi connectivity index (χ0v) is 12.3. The van der Waals surface area contributed by atoms with Gasteiger partial charge < -0.3 is 0 Å². The summed E-state index contributed by atoms with van der Waals surface area (Å²) in [7, 11) is -2.01. The second-order valence-corrected chi connectivity index (χ2v) is 6.65. The number of benzene rings is 1. The molecular formula is C13H15ClN2O2S. The molecule has 4 nitrogen and oxygen atoms in total. The van der Waals surface area contributed by atoms with Gasteiger partial charge in [-0.1, -0.05) is 12.1 Å². The van der Waals surface area contributed by atoms with Crippen LogP contribution in [-0.2, 0) is 10.0 Å². The Morgan fingerprint density at radius 2 is 2.11 bits per heavy atom. The lowest BCUT2D eigenvalue weighted by atomic mass is 10.2. The van der Waals surface area contributed by atoms with Gasteiger partial charge in [-0.25, -0.2) is 8.42 Å². The average Bonchev–Trinajstić information content (AvgIpc) is 2.44. The summed E-state index contributed by atoms with van der Waals surface area (Å²) < 4.78 is 26.5. The van der Waals surface area contributed by atoms with Crippen LogP contribution in [-0.4, -0.2) is 36.7 Å². The minimum absolute atomic E-state index is 0.252. The van der Waals surface area contributed by atoms with Crippen LogP contribution in [0.4, 0.5) is 0 Å². The third-order valence-corrected chi connectivity index (χ3v) is 5.62. The van der Waals surface area contributed by atoms with Crippen molar-refractivity contribution in [3.8, 4) is 0 Å². The van der Waals surface area contributed by atoms with Crippen LogP contribution < -0.4 is 0 Å². The molecule has 6 heteroatoms. The van der Waals surface area contributed by atoms with Gasteiger partial charge in [-0.05, 0) is 19.1 Å². The fourth-order valence-corrected chi connectivity index (χ4v) is 3.67. The number of hydrogen-bond acceptors (Lipinski definition) is 3. The first-order chi connectivity index (χ1) is 8.98. The Kier molecular flexibility index (Phi) is 4.08. The second-order valence-electron chi connectivity index (χ2n) is 4.38. The summed E-state index contributed by atoms with van der Waals surface area (Å²) >= 11 is 5.74. The van der Waals surface area contributed by atoms with Crippen molar-refractivity contribution in [2.75, 3.05) is 12.9 Å². The van der Waals surface area contributed by atoms with Gasteiger partial charge in [0.25, 0.3) is 0 Å². The zero-order valence-electron chi connectivity index (χ0n) is 10.7. The molecule has 102 valence electrons. The summed E-state index contributed by atoms with van der Waals surface area (Å²) in [6.45, 7) is 1.78. The highest BCUT2D eigenvalue weighted by atomic mass is 35.5. The van der Waals surface area contributed by atoms with E-state index in [1.165, 1.54) is 4.31 Å². The van der Waals surface area contributed by atoms with Crippen molar-refractivity contribution in [2.24, 2.45) is 0 Å². The summed E-state index contributed by atoms with van der Waals surface area (Å²) in [4.78, 5) is 4.29. The molecule has 1 aromatic heterocycles. The summed E-state index contributed by atoms with van der Waals surface area (Å²) in [6.07, 6.45) is 3.24. The first-order valence-electron chi connectivity index (χ1n) is 5.85. The first-order valence-corrected chi connectivity index (χ1v) is 7.82. The fraction of sp³-hybridized carbons (Fsp3) is 0.308. The maximum Gasteiger partial charge on any atom is 0.243 e. The molecule has 19 heavy (non-hydrogen) atoms. The smallest absolute Gasteiger partial charge is 0.243 e. The van der Waals surface area contributed by atoms with Crippen LogP contribution in [0.2, 0.25) is 0 Å². The summed E-state index contributed by atoms with van der Waals surface area (Å²) in [5.74, 6) is 0.252. The SMILES string of the molecule is CC(CCl)N(C)S(=O)(=O)c1cccc2cnccc12. The van der Waals surface area contributed by atoms with Gasteiger partial charge >= 0.3 is 0 Å². The predicted octanol–water partition coefficient (Wildman–Crippen LogP) is 2.48. The molecule has 0 bridgehead atoms. The Bertz CT molecular complexity index is 683. The normalized spacial score (nSPS) is 13.9. The molecular weight excluding hydrogens is 284 g/mol. The minimum atomic E-state index is -3.56. The van der Waals surface area contributed by atoms with E-state index in [0.717, 1.165) is 5.39 Å². The van der Waals surface area contributed by atoms with Crippen LogP contribution in [0.5, 0.6) is 0 Å². The van der Waals surface area contributed by atoms with Crippen LogP contribution >= 0.6 is 11.6 Å². The van der Waals surface area contributed by atoms with Crippen LogP contribution in [0.25, 0.3) is 10.8 Å². The van der Waals surface area contributed by atoms with Gasteiger partial charge in [0.2, 0.25) is 10.0 Å². The van der Waals surface area contributed by atoms with Gasteiger partial charge in [-0.15, -0.1) is 11.6 Å². The molecule has 2 aromatic rings. The molecule has 0 fully saturated rings. The van der Waals surface area contributed by atoms with Crippen molar-refractivity contribution < 1.29 is 8.42 Å². The van der Waals surface area contributed by atoms with E-state index in [-0.39, 0.29) is 16.8 Å². The number of sulfonamides is 1. The van der Waals surface area contributed by atoms with Crippen molar-refractivity contribution in [1.29, 1.82) is 0 Å². The van der Waals surface area contributed by atoms with E-state index in [4.69, 9.17) is 11.6 Å². The van der Waals surface area contributed by atoms with Crippen molar-refractivity contribution in [3.63, 3.8) is 0 Å². The van der Waals surface area contributed by atoms with Crippen LogP contribution in [0.1, 0.15) is 6.92 Å². The highest BCUT2D eigenvalue weighted by Gasteiger charge is 2.26. The first kappa shape index (κ1) is 14.2. The summed E-state index contributed by atoms with van der Waals surface area (Å²) in [6, 6.07) is 6.61. The van der Waals surface area contributed by atoms with E-state index >= 15 is 0 Å². The van der Waals surface area contributed by atoms with Gasteiger partial charge in [-0.3, -0.25) is 4.98 Å². The number of aromatic nitrogens is 1. The number of rotatable bonds is 4. The number of alkyl halides is 1. The number of hydrogen-bond donors (Lipinski definition) is 0. The quantitative estimate of drug-likeness (QED) is 0.815. The Hall–Kier alpha value is -1.17. The standard InChI is InChI=1S/C13H15ClN2O2S/c1-10(8-14)16(2)19(17,18)13-5-3-4-11-9-15-7-6-12(11)13/h3-7,9-10H,8H2,1-2H3. The lowest BCUT2D eigenvalue weighted by Gasteiger charge is -2.23. The molecule has 0 aliphatic rings. The van der Waals surface area contributed by atoms with Gasteiger partial charge in [0.15, 0.2) is 0 Å². The Morgan fingerprint density at radius 3 is 2.79 bits per heavy atom. The monoisotopic (exact) mass is 298 g/mol. The maximum absolute atomic E-state index is 12.6. The molecule has 0 saturated heterocycles. The minimum Gasteiger partial charge on any atom is -0.264 e. The highest BCUT2D eigenvalue weighted by molar-refractivity contribution is 7.89. The van der Waals surface area contributed by atoms with Gasteiger partial charge in [0.1, 0.15) is 0 Å². The molecule has 1 aromatic carbocycles. The fourth-order valence-electron chi connectivity index (χ4n) is 1.81. The molecule has 0 N–H and O–H groups in total. The number of pyridine rings is 1. The zero-order chi connectivity index (χ0) is 14.0. The second kappa shape index (κ2) is 5.45. The molecule has 1 atom stereocenters. The molecule has 2 rings (SSSR count). The lowest BCUT2D eigenvalue weighted by Crippen LogP contribution is -2.36. The van der Waals surface area contributed by atoms with Crippen molar-refractivity contribution in [1.82, 2.24) is 9.29 Å². The number of halogens is 1. The van der Waals surface area contributed by atoms with Crippen LogP contribution in [0, 0.1) is 0 Å². The Labute approximate surface area is 118 Å². The van der Waals surface area contributed by atoms with E-state index in [1.807, 2.05) is 6.07 Å². The topological polar surface area (TPSA) is 50.3 Å². The molecule has 1 heterocycles.